The van der Waals surface area contributed by atoms with Crippen molar-refractivity contribution in [3.8, 4) is 5.75 Å². The van der Waals surface area contributed by atoms with Gasteiger partial charge in [-0.05, 0) is 54.1 Å². The van der Waals surface area contributed by atoms with Gasteiger partial charge in [0.1, 0.15) is 28.3 Å². The Hall–Kier alpha value is -4.56. The highest BCUT2D eigenvalue weighted by Crippen LogP contribution is 2.24. The lowest BCUT2D eigenvalue weighted by Crippen LogP contribution is -2.56. The smallest absolute Gasteiger partial charge is 0.249 e. The minimum atomic E-state index is -4.05. The number of hydrogen-bond acceptors (Lipinski definition) is 7. The van der Waals surface area contributed by atoms with Gasteiger partial charge in [-0.3, -0.25) is 14.4 Å². The Morgan fingerprint density at radius 1 is 1.05 bits per heavy atom. The van der Waals surface area contributed by atoms with Gasteiger partial charge in [0, 0.05) is 38.3 Å². The average molecular weight is 616 g/mol. The number of para-hydroxylation sites is 1. The van der Waals surface area contributed by atoms with E-state index in [1.807, 2.05) is 0 Å². The van der Waals surface area contributed by atoms with Crippen LogP contribution in [0.4, 0.5) is 20.2 Å². The number of ether oxygens (including phenoxy) is 1. The van der Waals surface area contributed by atoms with Gasteiger partial charge in [0.15, 0.2) is 0 Å². The molecule has 3 aromatic rings. The molecule has 0 aromatic heterocycles. The molecule has 3 N–H and O–H groups in total. The number of rotatable bonds is 10. The van der Waals surface area contributed by atoms with Crippen molar-refractivity contribution in [3.05, 3.63) is 83.9 Å². The van der Waals surface area contributed by atoms with Crippen molar-refractivity contribution in [2.75, 3.05) is 51.0 Å². The third-order valence-electron chi connectivity index (χ3n) is 6.94. The van der Waals surface area contributed by atoms with Gasteiger partial charge in [0.2, 0.25) is 27.7 Å². The highest BCUT2D eigenvalue weighted by atomic mass is 32.2. The van der Waals surface area contributed by atoms with Gasteiger partial charge >= 0.3 is 0 Å². The van der Waals surface area contributed by atoms with Gasteiger partial charge < -0.3 is 25.6 Å². The zero-order valence-corrected chi connectivity index (χ0v) is 24.3. The summed E-state index contributed by atoms with van der Waals surface area (Å²) >= 11 is 0. The van der Waals surface area contributed by atoms with Crippen LogP contribution >= 0.6 is 0 Å². The molecule has 43 heavy (non-hydrogen) atoms. The molecule has 3 amide bonds. The molecule has 0 saturated carbocycles. The van der Waals surface area contributed by atoms with Crippen molar-refractivity contribution in [1.29, 1.82) is 0 Å². The van der Waals surface area contributed by atoms with Crippen LogP contribution in [-0.2, 0) is 30.8 Å². The number of benzene rings is 3. The van der Waals surface area contributed by atoms with Gasteiger partial charge in [-0.2, -0.15) is 4.31 Å². The summed E-state index contributed by atoms with van der Waals surface area (Å²) in [5.74, 6) is -3.03. The maximum absolute atomic E-state index is 13.9. The normalized spacial score (nSPS) is 14.7. The van der Waals surface area contributed by atoms with E-state index in [0.29, 0.717) is 17.5 Å². The molecule has 0 aliphatic carbocycles. The molecule has 1 atom stereocenters. The van der Waals surface area contributed by atoms with Gasteiger partial charge in [-0.1, -0.05) is 12.1 Å². The van der Waals surface area contributed by atoms with Gasteiger partial charge in [-0.15, -0.1) is 0 Å². The molecular formula is C29H31F2N5O6S. The zero-order valence-electron chi connectivity index (χ0n) is 23.5. The summed E-state index contributed by atoms with van der Waals surface area (Å²) in [6, 6.07) is 14.0. The quantitative estimate of drug-likeness (QED) is 0.331. The molecule has 0 radical (unpaired) electrons. The van der Waals surface area contributed by atoms with Crippen molar-refractivity contribution in [3.63, 3.8) is 0 Å². The Morgan fingerprint density at radius 3 is 2.30 bits per heavy atom. The summed E-state index contributed by atoms with van der Waals surface area (Å²) in [6.07, 6.45) is -0.238. The van der Waals surface area contributed by atoms with E-state index in [9.17, 15) is 31.6 Å². The fourth-order valence-corrected chi connectivity index (χ4v) is 6.16. The molecule has 11 nitrogen and oxygen atoms in total. The highest BCUT2D eigenvalue weighted by molar-refractivity contribution is 7.89. The number of nitrogens with two attached hydrogens (primary N) is 1. The molecule has 4 rings (SSSR count). The van der Waals surface area contributed by atoms with Gasteiger partial charge in [0.25, 0.3) is 0 Å². The summed E-state index contributed by atoms with van der Waals surface area (Å²) in [5.41, 5.74) is 6.48. The maximum atomic E-state index is 13.9. The molecule has 1 heterocycles. The summed E-state index contributed by atoms with van der Waals surface area (Å²) in [7, 11) is -1.07. The molecule has 1 aliphatic rings. The average Bonchev–Trinajstić information content (AvgIpc) is 2.96. The Labute approximate surface area is 247 Å². The van der Waals surface area contributed by atoms with E-state index >= 15 is 0 Å². The molecule has 14 heteroatoms. The number of nitrogen functional groups attached to an aromatic ring is 1. The number of nitrogens with one attached hydrogen (secondary N) is 1. The second-order valence-corrected chi connectivity index (χ2v) is 11.8. The Balaban J connectivity index is 1.47. The SMILES string of the molecule is COc1ccc(N(C)C(=O)[C@H](Cc2cc(F)cc(F)c2)NC(=O)CN2CCN(S(=O)(=O)c3ccccc3N)CC2=O)cc1. The van der Waals surface area contributed by atoms with Crippen LogP contribution in [0.3, 0.4) is 0 Å². The number of amides is 3. The van der Waals surface area contributed by atoms with Gasteiger partial charge in [0.05, 0.1) is 25.9 Å². The van der Waals surface area contributed by atoms with Crippen LogP contribution in [0.25, 0.3) is 0 Å². The lowest BCUT2D eigenvalue weighted by molar-refractivity contribution is -0.139. The number of hydrogen-bond donors (Lipinski definition) is 2. The maximum Gasteiger partial charge on any atom is 0.249 e. The molecule has 228 valence electrons. The van der Waals surface area contributed by atoms with Crippen LogP contribution in [0.15, 0.2) is 71.6 Å². The van der Waals surface area contributed by atoms with E-state index in [0.717, 1.165) is 16.4 Å². The fraction of sp³-hybridized carbons (Fsp3) is 0.276. The first kappa shape index (κ1) is 31.4. The number of piperazine rings is 1. The van der Waals surface area contributed by atoms with Crippen molar-refractivity contribution in [1.82, 2.24) is 14.5 Å². The number of carbonyl (C=O) groups excluding carboxylic acids is 3. The van der Waals surface area contributed by atoms with E-state index < -0.39 is 58.5 Å². The van der Waals surface area contributed by atoms with Crippen LogP contribution in [0.5, 0.6) is 5.75 Å². The van der Waals surface area contributed by atoms with E-state index in [1.54, 1.807) is 30.3 Å². The van der Waals surface area contributed by atoms with E-state index in [4.69, 9.17) is 10.5 Å². The number of methoxy groups -OCH3 is 1. The number of carbonyl (C=O) groups is 3. The number of anilines is 2. The highest BCUT2D eigenvalue weighted by Gasteiger charge is 2.35. The van der Waals surface area contributed by atoms with Gasteiger partial charge in [-0.25, -0.2) is 17.2 Å². The zero-order chi connectivity index (χ0) is 31.3. The molecule has 0 spiro atoms. The van der Waals surface area contributed by atoms with Crippen molar-refractivity contribution < 1.29 is 36.3 Å². The Kier molecular flexibility index (Phi) is 9.61. The predicted molar refractivity (Wildman–Crippen MR) is 155 cm³/mol. The summed E-state index contributed by atoms with van der Waals surface area (Å²) in [6.45, 7) is -1.14. The molecule has 0 unspecified atom stereocenters. The fourth-order valence-electron chi connectivity index (χ4n) is 4.66. The van der Waals surface area contributed by atoms with Crippen molar-refractivity contribution in [2.45, 2.75) is 17.4 Å². The topological polar surface area (TPSA) is 142 Å². The molecule has 0 bridgehead atoms. The van der Waals surface area contributed by atoms with E-state index in [2.05, 4.69) is 5.32 Å². The molecular weight excluding hydrogens is 584 g/mol. The molecule has 1 fully saturated rings. The third-order valence-corrected chi connectivity index (χ3v) is 8.86. The second-order valence-electron chi connectivity index (χ2n) is 9.89. The Morgan fingerprint density at radius 2 is 1.70 bits per heavy atom. The number of likely N-dealkylation sites (N-methyl/N-ethyl adjacent to an activating group) is 1. The molecule has 1 aliphatic heterocycles. The molecule has 1 saturated heterocycles. The van der Waals surface area contributed by atoms with E-state index in [-0.39, 0.29) is 35.7 Å². The summed E-state index contributed by atoms with van der Waals surface area (Å²) < 4.78 is 60.0. The summed E-state index contributed by atoms with van der Waals surface area (Å²) in [5, 5.41) is 2.58. The van der Waals surface area contributed by atoms with Crippen molar-refractivity contribution in [2.24, 2.45) is 0 Å². The first-order valence-electron chi connectivity index (χ1n) is 13.2. The van der Waals surface area contributed by atoms with Crippen LogP contribution in [0, 0.1) is 11.6 Å². The number of halogens is 2. The second kappa shape index (κ2) is 13.2. The lowest BCUT2D eigenvalue weighted by Gasteiger charge is -2.33. The Bertz CT molecular complexity index is 1600. The first-order chi connectivity index (χ1) is 20.4. The number of nitrogens with zero attached hydrogens (tertiary/aromatic N) is 3. The predicted octanol–water partition coefficient (Wildman–Crippen LogP) is 1.78. The first-order valence-corrected chi connectivity index (χ1v) is 14.6. The van der Waals surface area contributed by atoms with Crippen LogP contribution in [0.1, 0.15) is 5.56 Å². The van der Waals surface area contributed by atoms with Crippen LogP contribution < -0.4 is 20.7 Å². The van der Waals surface area contributed by atoms with Crippen LogP contribution in [-0.4, -0.2) is 81.7 Å². The summed E-state index contributed by atoms with van der Waals surface area (Å²) in [4.78, 5) is 41.8. The third kappa shape index (κ3) is 7.45. The van der Waals surface area contributed by atoms with Crippen LogP contribution in [0.2, 0.25) is 0 Å². The lowest BCUT2D eigenvalue weighted by atomic mass is 10.0. The minimum Gasteiger partial charge on any atom is -0.497 e. The van der Waals surface area contributed by atoms with Crippen molar-refractivity contribution >= 4 is 39.1 Å². The monoisotopic (exact) mass is 615 g/mol. The van der Waals surface area contributed by atoms with E-state index in [1.165, 1.54) is 42.2 Å². The largest absolute Gasteiger partial charge is 0.497 e. The minimum absolute atomic E-state index is 0.0465. The molecule has 3 aromatic carbocycles. The number of sulfonamides is 1. The standard InChI is InChI=1S/C29H31F2N5O6S/c1-34(22-7-9-23(42-2)10-8-22)29(39)25(15-19-13-20(30)16-21(31)14-19)33-27(37)17-35-11-12-36(18-28(35)38)43(40,41)26-6-4-3-5-24(26)32/h3-10,13-14,16,25H,11-12,15,17-18,32H2,1-2H3,(H,33,37)/t25-/m0/s1.